The Labute approximate surface area is 157 Å². The van der Waals surface area contributed by atoms with Gasteiger partial charge in [0.2, 0.25) is 0 Å². The van der Waals surface area contributed by atoms with Gasteiger partial charge in [-0.3, -0.25) is 0 Å². The van der Waals surface area contributed by atoms with Crippen LogP contribution in [0.3, 0.4) is 0 Å². The standard InChI is InChI=1S/C22H22N2O3/c1-23-15-4-6-21-19(10-15)20-11-16(5-7-22(20)27-21)24-13-14-8-17(25-2)12-18(9-14)26-3/h4-12,23-24H,13H2,1-3H3. The molecule has 0 aliphatic carbocycles. The van der Waals surface area contributed by atoms with E-state index in [0.29, 0.717) is 6.54 Å². The molecule has 0 amide bonds. The quantitative estimate of drug-likeness (QED) is 0.490. The highest BCUT2D eigenvalue weighted by molar-refractivity contribution is 6.07. The Morgan fingerprint density at radius 1 is 0.778 bits per heavy atom. The van der Waals surface area contributed by atoms with Crippen molar-refractivity contribution in [2.24, 2.45) is 0 Å². The number of nitrogens with one attached hydrogen (secondary N) is 2. The predicted molar refractivity (Wildman–Crippen MR) is 110 cm³/mol. The number of rotatable bonds is 6. The fraction of sp³-hybridized carbons (Fsp3) is 0.182. The maximum Gasteiger partial charge on any atom is 0.135 e. The van der Waals surface area contributed by atoms with E-state index in [1.54, 1.807) is 14.2 Å². The van der Waals surface area contributed by atoms with E-state index in [-0.39, 0.29) is 0 Å². The molecule has 0 spiro atoms. The molecule has 5 heteroatoms. The minimum atomic E-state index is 0.663. The van der Waals surface area contributed by atoms with E-state index < -0.39 is 0 Å². The summed E-state index contributed by atoms with van der Waals surface area (Å²) in [5.41, 5.74) is 4.94. The molecule has 0 unspecified atom stereocenters. The number of hydrogen-bond acceptors (Lipinski definition) is 5. The summed E-state index contributed by atoms with van der Waals surface area (Å²) in [5, 5.41) is 8.84. The first kappa shape index (κ1) is 17.1. The van der Waals surface area contributed by atoms with Crippen LogP contribution >= 0.6 is 0 Å². The summed E-state index contributed by atoms with van der Waals surface area (Å²) in [6, 6.07) is 18.1. The minimum absolute atomic E-state index is 0.663. The van der Waals surface area contributed by atoms with Gasteiger partial charge in [-0.2, -0.15) is 0 Å². The van der Waals surface area contributed by atoms with Gasteiger partial charge < -0.3 is 24.5 Å². The number of hydrogen-bond donors (Lipinski definition) is 2. The van der Waals surface area contributed by atoms with Crippen molar-refractivity contribution in [1.29, 1.82) is 0 Å². The summed E-state index contributed by atoms with van der Waals surface area (Å²) >= 11 is 0. The van der Waals surface area contributed by atoms with E-state index in [0.717, 1.165) is 50.4 Å². The molecule has 138 valence electrons. The smallest absolute Gasteiger partial charge is 0.135 e. The van der Waals surface area contributed by atoms with Crippen LogP contribution in [0.4, 0.5) is 11.4 Å². The van der Waals surface area contributed by atoms with Crippen LogP contribution in [0.1, 0.15) is 5.56 Å². The molecule has 0 aliphatic heterocycles. The second kappa shape index (κ2) is 7.11. The Morgan fingerprint density at radius 2 is 1.37 bits per heavy atom. The summed E-state index contributed by atoms with van der Waals surface area (Å²) in [6.07, 6.45) is 0. The normalized spacial score (nSPS) is 10.9. The van der Waals surface area contributed by atoms with Gasteiger partial charge in [0.05, 0.1) is 14.2 Å². The molecule has 0 bridgehead atoms. The van der Waals surface area contributed by atoms with Crippen molar-refractivity contribution in [3.05, 3.63) is 60.2 Å². The molecule has 0 aliphatic rings. The third kappa shape index (κ3) is 3.36. The van der Waals surface area contributed by atoms with Crippen molar-refractivity contribution >= 4 is 33.3 Å². The molecule has 27 heavy (non-hydrogen) atoms. The van der Waals surface area contributed by atoms with Gasteiger partial charge in [-0.15, -0.1) is 0 Å². The molecule has 4 rings (SSSR count). The van der Waals surface area contributed by atoms with Crippen LogP contribution in [0.25, 0.3) is 21.9 Å². The average molecular weight is 362 g/mol. The van der Waals surface area contributed by atoms with E-state index in [1.165, 1.54) is 0 Å². The van der Waals surface area contributed by atoms with Crippen molar-refractivity contribution in [3.63, 3.8) is 0 Å². The first-order valence-electron chi connectivity index (χ1n) is 8.80. The Morgan fingerprint density at radius 3 is 1.96 bits per heavy atom. The van der Waals surface area contributed by atoms with E-state index in [2.05, 4.69) is 22.8 Å². The number of fused-ring (bicyclic) bond motifs is 3. The fourth-order valence-corrected chi connectivity index (χ4v) is 3.22. The third-order valence-corrected chi connectivity index (χ3v) is 4.67. The van der Waals surface area contributed by atoms with E-state index >= 15 is 0 Å². The van der Waals surface area contributed by atoms with E-state index in [4.69, 9.17) is 13.9 Å². The maximum atomic E-state index is 5.94. The van der Waals surface area contributed by atoms with Gasteiger partial charge in [0.15, 0.2) is 0 Å². The van der Waals surface area contributed by atoms with Gasteiger partial charge in [0.25, 0.3) is 0 Å². The first-order valence-corrected chi connectivity index (χ1v) is 8.80. The number of benzene rings is 3. The Bertz CT molecular complexity index is 1080. The summed E-state index contributed by atoms with van der Waals surface area (Å²) in [4.78, 5) is 0. The van der Waals surface area contributed by atoms with E-state index in [1.807, 2.05) is 49.5 Å². The number of ether oxygens (including phenoxy) is 2. The zero-order valence-corrected chi connectivity index (χ0v) is 15.6. The van der Waals surface area contributed by atoms with Gasteiger partial charge in [0.1, 0.15) is 22.7 Å². The summed E-state index contributed by atoms with van der Waals surface area (Å²) in [6.45, 7) is 0.663. The molecular formula is C22H22N2O3. The van der Waals surface area contributed by atoms with Gasteiger partial charge in [-0.05, 0) is 54.1 Å². The molecule has 0 atom stereocenters. The monoisotopic (exact) mass is 362 g/mol. The Kier molecular flexibility index (Phi) is 4.50. The van der Waals surface area contributed by atoms with Crippen LogP contribution in [0, 0.1) is 0 Å². The second-order valence-corrected chi connectivity index (χ2v) is 6.35. The van der Waals surface area contributed by atoms with Crippen molar-refractivity contribution in [2.45, 2.75) is 6.54 Å². The number of furan rings is 1. The average Bonchev–Trinajstić information content (AvgIpc) is 3.08. The van der Waals surface area contributed by atoms with Crippen molar-refractivity contribution in [3.8, 4) is 11.5 Å². The predicted octanol–water partition coefficient (Wildman–Crippen LogP) is 5.26. The largest absolute Gasteiger partial charge is 0.497 e. The van der Waals surface area contributed by atoms with Crippen LogP contribution in [-0.2, 0) is 6.54 Å². The van der Waals surface area contributed by atoms with Crippen LogP contribution in [-0.4, -0.2) is 21.3 Å². The summed E-state index contributed by atoms with van der Waals surface area (Å²) in [7, 11) is 5.23. The molecule has 0 radical (unpaired) electrons. The highest BCUT2D eigenvalue weighted by Gasteiger charge is 2.09. The van der Waals surface area contributed by atoms with Gasteiger partial charge >= 0.3 is 0 Å². The van der Waals surface area contributed by atoms with Crippen LogP contribution < -0.4 is 20.1 Å². The lowest BCUT2D eigenvalue weighted by Gasteiger charge is -2.10. The molecule has 0 saturated carbocycles. The van der Waals surface area contributed by atoms with Crippen molar-refractivity contribution < 1.29 is 13.9 Å². The Balaban J connectivity index is 1.63. The van der Waals surface area contributed by atoms with Gasteiger partial charge in [-0.25, -0.2) is 0 Å². The highest BCUT2D eigenvalue weighted by Crippen LogP contribution is 2.32. The van der Waals surface area contributed by atoms with Crippen LogP contribution in [0.5, 0.6) is 11.5 Å². The van der Waals surface area contributed by atoms with Crippen molar-refractivity contribution in [2.75, 3.05) is 31.9 Å². The van der Waals surface area contributed by atoms with Gasteiger partial charge in [0, 0.05) is 41.8 Å². The molecule has 0 fully saturated rings. The number of anilines is 2. The zero-order valence-electron chi connectivity index (χ0n) is 15.6. The summed E-state index contributed by atoms with van der Waals surface area (Å²) in [5.74, 6) is 1.56. The molecule has 1 aromatic heterocycles. The molecule has 1 heterocycles. The lowest BCUT2D eigenvalue weighted by atomic mass is 10.1. The van der Waals surface area contributed by atoms with Crippen LogP contribution in [0.2, 0.25) is 0 Å². The molecule has 4 aromatic rings. The molecule has 5 nitrogen and oxygen atoms in total. The second-order valence-electron chi connectivity index (χ2n) is 6.35. The third-order valence-electron chi connectivity index (χ3n) is 4.67. The molecule has 3 aromatic carbocycles. The van der Waals surface area contributed by atoms with Gasteiger partial charge in [-0.1, -0.05) is 0 Å². The highest BCUT2D eigenvalue weighted by atomic mass is 16.5. The Hall–Kier alpha value is -3.34. The molecule has 2 N–H and O–H groups in total. The lowest BCUT2D eigenvalue weighted by molar-refractivity contribution is 0.393. The van der Waals surface area contributed by atoms with Crippen LogP contribution in [0.15, 0.2) is 59.0 Å². The van der Waals surface area contributed by atoms with E-state index in [9.17, 15) is 0 Å². The maximum absolute atomic E-state index is 5.94. The minimum Gasteiger partial charge on any atom is -0.497 e. The fourth-order valence-electron chi connectivity index (χ4n) is 3.22. The summed E-state index contributed by atoms with van der Waals surface area (Å²) < 4.78 is 16.6. The molecular weight excluding hydrogens is 340 g/mol. The number of methoxy groups -OCH3 is 2. The SMILES string of the molecule is CNc1ccc2oc3ccc(NCc4cc(OC)cc(OC)c4)cc3c2c1. The molecule has 0 saturated heterocycles. The zero-order chi connectivity index (χ0) is 18.8. The topological polar surface area (TPSA) is 55.7 Å². The first-order chi connectivity index (χ1) is 13.2. The lowest BCUT2D eigenvalue weighted by Crippen LogP contribution is -2.00. The van der Waals surface area contributed by atoms with Crippen molar-refractivity contribution in [1.82, 2.24) is 0 Å².